The molecule has 15 heavy (non-hydrogen) atoms. The lowest BCUT2D eigenvalue weighted by Gasteiger charge is -2.47. The van der Waals surface area contributed by atoms with Crippen LogP contribution in [0.2, 0.25) is 0 Å². The van der Waals surface area contributed by atoms with E-state index in [1.807, 2.05) is 0 Å². The van der Waals surface area contributed by atoms with Crippen LogP contribution in [0.15, 0.2) is 0 Å². The van der Waals surface area contributed by atoms with Gasteiger partial charge in [0.05, 0.1) is 5.60 Å². The molecule has 2 nitrogen and oxygen atoms in total. The molecule has 3 rings (SSSR count). The standard InChI is InChI=1S/C13H23NO/c14-10-11-9-13(3-1-2-8-15-13)7-6-12(11)4-5-12/h11H,1-10,14H2. The molecule has 1 aliphatic heterocycles. The lowest BCUT2D eigenvalue weighted by Crippen LogP contribution is -2.46. The average molecular weight is 209 g/mol. The normalized spacial score (nSPS) is 43.4. The van der Waals surface area contributed by atoms with E-state index in [0.717, 1.165) is 19.1 Å². The molecule has 2 aliphatic carbocycles. The van der Waals surface area contributed by atoms with E-state index in [0.29, 0.717) is 5.41 Å². The molecule has 3 fully saturated rings. The zero-order chi connectivity index (χ0) is 10.4. The van der Waals surface area contributed by atoms with Crippen LogP contribution in [-0.4, -0.2) is 18.8 Å². The van der Waals surface area contributed by atoms with E-state index >= 15 is 0 Å². The number of hydrogen-bond acceptors (Lipinski definition) is 2. The highest BCUT2D eigenvalue weighted by Crippen LogP contribution is 2.62. The minimum Gasteiger partial charge on any atom is -0.375 e. The molecule has 2 N–H and O–H groups in total. The Balaban J connectivity index is 1.72. The molecule has 0 aromatic heterocycles. The van der Waals surface area contributed by atoms with Gasteiger partial charge in [-0.15, -0.1) is 0 Å². The van der Waals surface area contributed by atoms with Crippen LogP contribution in [0.1, 0.15) is 51.4 Å². The van der Waals surface area contributed by atoms with Crippen molar-refractivity contribution in [3.05, 3.63) is 0 Å². The summed E-state index contributed by atoms with van der Waals surface area (Å²) >= 11 is 0. The predicted octanol–water partition coefficient (Wildman–Crippen LogP) is 2.46. The molecule has 0 radical (unpaired) electrons. The summed E-state index contributed by atoms with van der Waals surface area (Å²) in [6, 6.07) is 0. The number of hydrogen-bond donors (Lipinski definition) is 1. The Bertz CT molecular complexity index is 241. The summed E-state index contributed by atoms with van der Waals surface area (Å²) in [5, 5.41) is 0. The van der Waals surface area contributed by atoms with E-state index in [1.165, 1.54) is 51.4 Å². The Labute approximate surface area is 92.6 Å². The van der Waals surface area contributed by atoms with Gasteiger partial charge in [-0.1, -0.05) is 0 Å². The third-order valence-electron chi connectivity index (χ3n) is 5.17. The Kier molecular flexibility index (Phi) is 2.33. The van der Waals surface area contributed by atoms with Crippen LogP contribution in [0, 0.1) is 11.3 Å². The minimum absolute atomic E-state index is 0.246. The summed E-state index contributed by atoms with van der Waals surface area (Å²) in [4.78, 5) is 0. The van der Waals surface area contributed by atoms with Crippen LogP contribution >= 0.6 is 0 Å². The largest absolute Gasteiger partial charge is 0.375 e. The summed E-state index contributed by atoms with van der Waals surface area (Å²) in [6.07, 6.45) is 10.7. The SMILES string of the molecule is NCC1CC2(CCCCO2)CCC12CC2. The molecule has 2 saturated carbocycles. The van der Waals surface area contributed by atoms with Crippen molar-refractivity contribution in [3.63, 3.8) is 0 Å². The maximum absolute atomic E-state index is 6.10. The van der Waals surface area contributed by atoms with Crippen LogP contribution < -0.4 is 5.73 Å². The summed E-state index contributed by atoms with van der Waals surface area (Å²) < 4.78 is 6.10. The van der Waals surface area contributed by atoms with Gasteiger partial charge in [0.25, 0.3) is 0 Å². The second kappa shape index (κ2) is 3.46. The number of rotatable bonds is 1. The third-order valence-corrected chi connectivity index (χ3v) is 5.17. The smallest absolute Gasteiger partial charge is 0.0686 e. The van der Waals surface area contributed by atoms with Crippen molar-refractivity contribution in [3.8, 4) is 0 Å². The van der Waals surface area contributed by atoms with Crippen molar-refractivity contribution in [2.75, 3.05) is 13.2 Å². The van der Waals surface area contributed by atoms with Crippen molar-refractivity contribution in [2.24, 2.45) is 17.1 Å². The molecule has 1 heterocycles. The summed E-state index contributed by atoms with van der Waals surface area (Å²) in [6.45, 7) is 1.87. The van der Waals surface area contributed by atoms with Crippen molar-refractivity contribution in [1.29, 1.82) is 0 Å². The molecule has 2 atom stereocenters. The van der Waals surface area contributed by atoms with Gasteiger partial charge in [0.15, 0.2) is 0 Å². The predicted molar refractivity (Wildman–Crippen MR) is 60.6 cm³/mol. The van der Waals surface area contributed by atoms with E-state index < -0.39 is 0 Å². The first-order chi connectivity index (χ1) is 7.29. The van der Waals surface area contributed by atoms with E-state index in [2.05, 4.69) is 0 Å². The van der Waals surface area contributed by atoms with E-state index in [9.17, 15) is 0 Å². The third kappa shape index (κ3) is 1.62. The van der Waals surface area contributed by atoms with Crippen molar-refractivity contribution in [2.45, 2.75) is 57.0 Å². The molecule has 3 aliphatic rings. The zero-order valence-electron chi connectivity index (χ0n) is 9.63. The maximum Gasteiger partial charge on any atom is 0.0686 e. The number of ether oxygens (including phenoxy) is 1. The van der Waals surface area contributed by atoms with Gasteiger partial charge in [-0.2, -0.15) is 0 Å². The van der Waals surface area contributed by atoms with E-state index in [1.54, 1.807) is 0 Å². The fourth-order valence-electron chi connectivity index (χ4n) is 3.87. The lowest BCUT2D eigenvalue weighted by molar-refractivity contribution is -0.123. The molecular weight excluding hydrogens is 186 g/mol. The van der Waals surface area contributed by atoms with Crippen molar-refractivity contribution >= 4 is 0 Å². The molecule has 2 unspecified atom stereocenters. The van der Waals surface area contributed by atoms with Crippen LogP contribution in [0.4, 0.5) is 0 Å². The first-order valence-electron chi connectivity index (χ1n) is 6.63. The van der Waals surface area contributed by atoms with Gasteiger partial charge >= 0.3 is 0 Å². The second-order valence-electron chi connectivity index (χ2n) is 5.99. The quantitative estimate of drug-likeness (QED) is 0.720. The monoisotopic (exact) mass is 209 g/mol. The molecule has 0 aromatic carbocycles. The van der Waals surface area contributed by atoms with Gasteiger partial charge < -0.3 is 10.5 Å². The molecule has 2 heteroatoms. The van der Waals surface area contributed by atoms with Crippen molar-refractivity contribution in [1.82, 2.24) is 0 Å². The summed E-state index contributed by atoms with van der Waals surface area (Å²) in [5.74, 6) is 0.754. The first kappa shape index (κ1) is 10.1. The minimum atomic E-state index is 0.246. The van der Waals surface area contributed by atoms with Crippen LogP contribution in [0.3, 0.4) is 0 Å². The van der Waals surface area contributed by atoms with Crippen LogP contribution in [0.25, 0.3) is 0 Å². The molecular formula is C13H23NO. The molecule has 86 valence electrons. The van der Waals surface area contributed by atoms with E-state index in [-0.39, 0.29) is 5.60 Å². The van der Waals surface area contributed by atoms with Gasteiger partial charge in [-0.3, -0.25) is 0 Å². The molecule has 0 bridgehead atoms. The Morgan fingerprint density at radius 3 is 2.47 bits per heavy atom. The lowest BCUT2D eigenvalue weighted by atomic mass is 9.67. The highest BCUT2D eigenvalue weighted by molar-refractivity contribution is 5.06. The van der Waals surface area contributed by atoms with Gasteiger partial charge in [-0.05, 0) is 69.2 Å². The summed E-state index contributed by atoms with van der Waals surface area (Å²) in [5.41, 5.74) is 6.87. The highest BCUT2D eigenvalue weighted by Gasteiger charge is 2.55. The van der Waals surface area contributed by atoms with Gasteiger partial charge in [-0.25, -0.2) is 0 Å². The molecule has 0 amide bonds. The first-order valence-corrected chi connectivity index (χ1v) is 6.63. The Morgan fingerprint density at radius 1 is 1.07 bits per heavy atom. The van der Waals surface area contributed by atoms with E-state index in [4.69, 9.17) is 10.5 Å². The second-order valence-corrected chi connectivity index (χ2v) is 5.99. The van der Waals surface area contributed by atoms with Crippen LogP contribution in [-0.2, 0) is 4.74 Å². The highest BCUT2D eigenvalue weighted by atomic mass is 16.5. The number of nitrogens with two attached hydrogens (primary N) is 1. The maximum atomic E-state index is 6.10. The molecule has 2 spiro atoms. The zero-order valence-corrected chi connectivity index (χ0v) is 9.63. The van der Waals surface area contributed by atoms with Gasteiger partial charge in [0.2, 0.25) is 0 Å². The van der Waals surface area contributed by atoms with Gasteiger partial charge in [0, 0.05) is 6.61 Å². The summed E-state index contributed by atoms with van der Waals surface area (Å²) in [7, 11) is 0. The Hall–Kier alpha value is -0.0800. The fraction of sp³-hybridized carbons (Fsp3) is 1.00. The topological polar surface area (TPSA) is 35.2 Å². The van der Waals surface area contributed by atoms with Crippen molar-refractivity contribution < 1.29 is 4.74 Å². The molecule has 0 aromatic rings. The fourth-order valence-corrected chi connectivity index (χ4v) is 3.87. The Morgan fingerprint density at radius 2 is 1.87 bits per heavy atom. The van der Waals surface area contributed by atoms with Crippen LogP contribution in [0.5, 0.6) is 0 Å². The molecule has 1 saturated heterocycles. The van der Waals surface area contributed by atoms with Gasteiger partial charge in [0.1, 0.15) is 0 Å². The average Bonchev–Trinajstić information content (AvgIpc) is 3.05.